The first-order chi connectivity index (χ1) is 9.69. The van der Waals surface area contributed by atoms with E-state index in [9.17, 15) is 0 Å². The Bertz CT molecular complexity index is 584. The highest BCUT2D eigenvalue weighted by atomic mass is 35.5. The molecule has 2 rings (SSSR count). The maximum absolute atomic E-state index is 6.23. The van der Waals surface area contributed by atoms with Gasteiger partial charge in [0.25, 0.3) is 0 Å². The van der Waals surface area contributed by atoms with Crippen LogP contribution in [0.5, 0.6) is 11.5 Å². The highest BCUT2D eigenvalue weighted by Gasteiger charge is 2.10. The summed E-state index contributed by atoms with van der Waals surface area (Å²) >= 11 is 6.23. The summed E-state index contributed by atoms with van der Waals surface area (Å²) < 4.78 is 12.5. The number of aromatic nitrogens is 2. The zero-order valence-electron chi connectivity index (χ0n) is 11.8. The van der Waals surface area contributed by atoms with Crippen molar-refractivity contribution >= 4 is 17.3 Å². The fraction of sp³-hybridized carbons (Fsp3) is 0.357. The van der Waals surface area contributed by atoms with Gasteiger partial charge in [0.1, 0.15) is 5.82 Å². The van der Waals surface area contributed by atoms with E-state index in [4.69, 9.17) is 21.1 Å². The van der Waals surface area contributed by atoms with Gasteiger partial charge in [0.05, 0.1) is 31.5 Å². The third-order valence-corrected chi connectivity index (χ3v) is 3.37. The number of hydrogen-bond acceptors (Lipinski definition) is 4. The largest absolute Gasteiger partial charge is 0.493 e. The molecule has 0 fully saturated rings. The van der Waals surface area contributed by atoms with Gasteiger partial charge in [-0.2, -0.15) is 0 Å². The van der Waals surface area contributed by atoms with E-state index in [1.165, 1.54) is 0 Å². The monoisotopic (exact) mass is 295 g/mol. The number of halogens is 1. The molecule has 0 saturated heterocycles. The molecular weight excluding hydrogens is 278 g/mol. The zero-order chi connectivity index (χ0) is 14.5. The maximum Gasteiger partial charge on any atom is 0.162 e. The molecule has 1 heterocycles. The predicted octanol–water partition coefficient (Wildman–Crippen LogP) is 3.19. The molecule has 108 valence electrons. The first-order valence-electron chi connectivity index (χ1n) is 6.35. The Morgan fingerprint density at radius 3 is 2.60 bits per heavy atom. The summed E-state index contributed by atoms with van der Waals surface area (Å²) in [4.78, 5) is 4.31. The highest BCUT2D eigenvalue weighted by Crippen LogP contribution is 2.36. The van der Waals surface area contributed by atoms with Gasteiger partial charge in [-0.3, -0.25) is 0 Å². The Morgan fingerprint density at radius 2 is 1.95 bits per heavy atom. The highest BCUT2D eigenvalue weighted by molar-refractivity contribution is 6.33. The second kappa shape index (κ2) is 6.52. The number of hydrogen-bond donors (Lipinski definition) is 1. The number of methoxy groups -OCH3 is 2. The Labute approximate surface area is 123 Å². The lowest BCUT2D eigenvalue weighted by Gasteiger charge is -2.13. The third kappa shape index (κ3) is 2.99. The average Bonchev–Trinajstić information content (AvgIpc) is 2.93. The van der Waals surface area contributed by atoms with E-state index in [0.717, 1.165) is 18.1 Å². The second-order valence-electron chi connectivity index (χ2n) is 4.17. The Hall–Kier alpha value is -1.88. The number of aryl methyl sites for hydroxylation is 1. The Morgan fingerprint density at radius 1 is 1.25 bits per heavy atom. The van der Waals surface area contributed by atoms with E-state index < -0.39 is 0 Å². The van der Waals surface area contributed by atoms with Crippen molar-refractivity contribution in [2.75, 3.05) is 19.5 Å². The number of rotatable bonds is 6. The van der Waals surface area contributed by atoms with Crippen LogP contribution in [0.4, 0.5) is 5.69 Å². The van der Waals surface area contributed by atoms with E-state index >= 15 is 0 Å². The van der Waals surface area contributed by atoms with Crippen LogP contribution in [0.2, 0.25) is 5.02 Å². The number of anilines is 1. The summed E-state index contributed by atoms with van der Waals surface area (Å²) in [5, 5.41) is 3.85. The molecule has 0 spiro atoms. The molecule has 0 aliphatic heterocycles. The topological polar surface area (TPSA) is 48.3 Å². The summed E-state index contributed by atoms with van der Waals surface area (Å²) in [7, 11) is 3.18. The van der Waals surface area contributed by atoms with Gasteiger partial charge < -0.3 is 19.4 Å². The number of nitrogens with zero attached hydrogens (tertiary/aromatic N) is 2. The number of nitrogens with one attached hydrogen (secondary N) is 1. The van der Waals surface area contributed by atoms with Crippen molar-refractivity contribution in [2.24, 2.45) is 0 Å². The Balaban J connectivity index is 2.17. The van der Waals surface area contributed by atoms with Crippen LogP contribution in [0.15, 0.2) is 24.5 Å². The average molecular weight is 296 g/mol. The van der Waals surface area contributed by atoms with Crippen molar-refractivity contribution in [1.82, 2.24) is 9.55 Å². The molecule has 1 aromatic carbocycles. The molecule has 0 amide bonds. The van der Waals surface area contributed by atoms with Gasteiger partial charge in [0.15, 0.2) is 11.5 Å². The number of ether oxygens (including phenoxy) is 2. The molecule has 0 saturated carbocycles. The van der Waals surface area contributed by atoms with Crippen LogP contribution in [0.25, 0.3) is 0 Å². The van der Waals surface area contributed by atoms with Crippen LogP contribution in [0.3, 0.4) is 0 Å². The van der Waals surface area contributed by atoms with Crippen LogP contribution >= 0.6 is 11.6 Å². The van der Waals surface area contributed by atoms with E-state index in [-0.39, 0.29) is 0 Å². The summed E-state index contributed by atoms with van der Waals surface area (Å²) in [6.07, 6.45) is 3.74. The van der Waals surface area contributed by atoms with Gasteiger partial charge >= 0.3 is 0 Å². The van der Waals surface area contributed by atoms with Crippen molar-refractivity contribution in [3.8, 4) is 11.5 Å². The molecule has 0 radical (unpaired) electrons. The van der Waals surface area contributed by atoms with E-state index in [1.807, 2.05) is 12.3 Å². The molecule has 5 nitrogen and oxygen atoms in total. The summed E-state index contributed by atoms with van der Waals surface area (Å²) in [6, 6.07) is 3.55. The molecule has 1 aromatic heterocycles. The number of benzene rings is 1. The SMILES string of the molecule is CCn1ccnc1CNc1cc(OC)c(OC)cc1Cl. The normalized spacial score (nSPS) is 10.4. The molecule has 6 heteroatoms. The summed E-state index contributed by atoms with van der Waals surface area (Å²) in [6.45, 7) is 3.56. The van der Waals surface area contributed by atoms with Gasteiger partial charge in [-0.25, -0.2) is 4.98 Å². The van der Waals surface area contributed by atoms with Gasteiger partial charge in [0.2, 0.25) is 0 Å². The molecule has 0 bridgehead atoms. The lowest BCUT2D eigenvalue weighted by atomic mass is 10.2. The number of imidazole rings is 1. The fourth-order valence-electron chi connectivity index (χ4n) is 1.96. The van der Waals surface area contributed by atoms with Crippen molar-refractivity contribution in [2.45, 2.75) is 20.0 Å². The van der Waals surface area contributed by atoms with E-state index in [0.29, 0.717) is 23.1 Å². The zero-order valence-corrected chi connectivity index (χ0v) is 12.6. The maximum atomic E-state index is 6.23. The molecule has 0 aliphatic rings. The van der Waals surface area contributed by atoms with Crippen molar-refractivity contribution in [3.05, 3.63) is 35.4 Å². The van der Waals surface area contributed by atoms with Crippen LogP contribution in [0, 0.1) is 0 Å². The molecule has 20 heavy (non-hydrogen) atoms. The third-order valence-electron chi connectivity index (χ3n) is 3.05. The molecular formula is C14H18ClN3O2. The Kier molecular flexibility index (Phi) is 4.74. The van der Waals surface area contributed by atoms with Gasteiger partial charge in [-0.1, -0.05) is 11.6 Å². The molecule has 2 aromatic rings. The van der Waals surface area contributed by atoms with E-state index in [2.05, 4.69) is 21.8 Å². The van der Waals surface area contributed by atoms with Gasteiger partial charge in [0, 0.05) is 31.1 Å². The summed E-state index contributed by atoms with van der Waals surface area (Å²) in [5.74, 6) is 2.20. The minimum atomic E-state index is 0.581. The molecule has 1 N–H and O–H groups in total. The van der Waals surface area contributed by atoms with Crippen LogP contribution < -0.4 is 14.8 Å². The molecule has 0 unspecified atom stereocenters. The van der Waals surface area contributed by atoms with Crippen molar-refractivity contribution in [1.29, 1.82) is 0 Å². The van der Waals surface area contributed by atoms with Crippen molar-refractivity contribution in [3.63, 3.8) is 0 Å². The first-order valence-corrected chi connectivity index (χ1v) is 6.72. The first kappa shape index (κ1) is 14.5. The molecule has 0 aliphatic carbocycles. The minimum absolute atomic E-state index is 0.581. The lowest BCUT2D eigenvalue weighted by Crippen LogP contribution is -2.08. The molecule has 0 atom stereocenters. The second-order valence-corrected chi connectivity index (χ2v) is 4.58. The van der Waals surface area contributed by atoms with Crippen LogP contribution in [-0.2, 0) is 13.1 Å². The predicted molar refractivity (Wildman–Crippen MR) is 79.8 cm³/mol. The quantitative estimate of drug-likeness (QED) is 0.889. The smallest absolute Gasteiger partial charge is 0.162 e. The lowest BCUT2D eigenvalue weighted by molar-refractivity contribution is 0.355. The van der Waals surface area contributed by atoms with Gasteiger partial charge in [-0.15, -0.1) is 0 Å². The fourth-order valence-corrected chi connectivity index (χ4v) is 2.18. The van der Waals surface area contributed by atoms with E-state index in [1.54, 1.807) is 26.5 Å². The van der Waals surface area contributed by atoms with Crippen molar-refractivity contribution < 1.29 is 9.47 Å². The summed E-state index contributed by atoms with van der Waals surface area (Å²) in [5.41, 5.74) is 0.787. The van der Waals surface area contributed by atoms with Gasteiger partial charge in [-0.05, 0) is 6.92 Å². The standard InChI is InChI=1S/C14H18ClN3O2/c1-4-18-6-5-16-14(18)9-17-11-8-13(20-3)12(19-2)7-10(11)15/h5-8,17H,4,9H2,1-3H3. The van der Waals surface area contributed by atoms with Crippen LogP contribution in [0.1, 0.15) is 12.7 Å². The minimum Gasteiger partial charge on any atom is -0.493 e. The van der Waals surface area contributed by atoms with Crippen LogP contribution in [-0.4, -0.2) is 23.8 Å².